The smallest absolute Gasteiger partial charge is 0.317 e. The second kappa shape index (κ2) is 7.89. The van der Waals surface area contributed by atoms with Gasteiger partial charge in [0.15, 0.2) is 0 Å². The molecule has 0 bridgehead atoms. The second-order valence-corrected chi connectivity index (χ2v) is 8.65. The van der Waals surface area contributed by atoms with Crippen LogP contribution in [0.1, 0.15) is 32.6 Å². The molecule has 2 fully saturated rings. The zero-order chi connectivity index (χ0) is 18.7. The van der Waals surface area contributed by atoms with Crippen molar-refractivity contribution in [1.82, 2.24) is 14.6 Å². The maximum absolute atomic E-state index is 12.6. The van der Waals surface area contributed by atoms with E-state index in [0.29, 0.717) is 25.4 Å². The lowest BCUT2D eigenvalue weighted by Gasteiger charge is -2.42. The van der Waals surface area contributed by atoms with Crippen molar-refractivity contribution < 1.29 is 23.1 Å². The summed E-state index contributed by atoms with van der Waals surface area (Å²) in [4.78, 5) is 17.0. The first kappa shape index (κ1) is 19.1. The molecule has 1 aromatic rings. The number of carboxylic acid groups (broad SMARTS) is 1. The predicted octanol–water partition coefficient (Wildman–Crippen LogP) is 1.09. The van der Waals surface area contributed by atoms with Gasteiger partial charge in [0, 0.05) is 24.8 Å². The number of carboxylic acids is 1. The Morgan fingerprint density at radius 1 is 1.42 bits per heavy atom. The first-order valence-corrected chi connectivity index (χ1v) is 10.4. The van der Waals surface area contributed by atoms with Crippen LogP contribution in [0.15, 0.2) is 23.4 Å². The van der Waals surface area contributed by atoms with Crippen molar-refractivity contribution in [2.24, 2.45) is 5.92 Å². The van der Waals surface area contributed by atoms with E-state index in [-0.39, 0.29) is 29.3 Å². The van der Waals surface area contributed by atoms with E-state index in [2.05, 4.69) is 9.71 Å². The number of aliphatic carboxylic acids is 1. The minimum Gasteiger partial charge on any atom is -0.492 e. The van der Waals surface area contributed by atoms with Gasteiger partial charge < -0.3 is 9.84 Å². The number of nitrogens with one attached hydrogen (secondary N) is 1. The number of nitrogens with zero attached hydrogens (tertiary/aromatic N) is 2. The van der Waals surface area contributed by atoms with Gasteiger partial charge >= 0.3 is 5.97 Å². The molecule has 0 unspecified atom stereocenters. The highest BCUT2D eigenvalue weighted by molar-refractivity contribution is 7.89. The summed E-state index contributed by atoms with van der Waals surface area (Å²) in [5.41, 5.74) is 0. The third kappa shape index (κ3) is 4.72. The van der Waals surface area contributed by atoms with Gasteiger partial charge in [-0.25, -0.2) is 13.1 Å². The molecule has 0 aliphatic heterocycles. The molecule has 2 N–H and O–H groups in total. The van der Waals surface area contributed by atoms with Crippen LogP contribution in [0.3, 0.4) is 0 Å². The van der Waals surface area contributed by atoms with Gasteiger partial charge in [0.1, 0.15) is 10.6 Å². The molecule has 0 radical (unpaired) electrons. The average molecular weight is 383 g/mol. The Balaban J connectivity index is 1.59. The minimum atomic E-state index is -3.73. The number of sulfonamides is 1. The molecule has 26 heavy (non-hydrogen) atoms. The monoisotopic (exact) mass is 383 g/mol. The number of hydrogen-bond acceptors (Lipinski definition) is 6. The van der Waals surface area contributed by atoms with Crippen LogP contribution in [0.25, 0.3) is 0 Å². The van der Waals surface area contributed by atoms with Crippen LogP contribution < -0.4 is 9.46 Å². The van der Waals surface area contributed by atoms with E-state index in [0.717, 1.165) is 19.4 Å². The van der Waals surface area contributed by atoms with E-state index in [1.54, 1.807) is 6.92 Å². The number of hydrogen-bond donors (Lipinski definition) is 2. The first-order chi connectivity index (χ1) is 12.4. The lowest BCUT2D eigenvalue weighted by molar-refractivity contribution is -0.139. The van der Waals surface area contributed by atoms with Crippen LogP contribution in [0, 0.1) is 5.92 Å². The van der Waals surface area contributed by atoms with E-state index < -0.39 is 16.0 Å². The molecule has 2 aliphatic carbocycles. The highest BCUT2D eigenvalue weighted by atomic mass is 32.2. The van der Waals surface area contributed by atoms with Crippen molar-refractivity contribution in [2.45, 2.75) is 49.6 Å². The van der Waals surface area contributed by atoms with E-state index in [1.807, 2.05) is 4.90 Å². The van der Waals surface area contributed by atoms with Crippen molar-refractivity contribution >= 4 is 16.0 Å². The Hall–Kier alpha value is -1.71. The second-order valence-electron chi connectivity index (χ2n) is 6.97. The topological polar surface area (TPSA) is 109 Å². The largest absolute Gasteiger partial charge is 0.492 e. The summed E-state index contributed by atoms with van der Waals surface area (Å²) in [7, 11) is -3.73. The number of rotatable bonds is 10. The van der Waals surface area contributed by atoms with Gasteiger partial charge in [0.2, 0.25) is 10.0 Å². The summed E-state index contributed by atoms with van der Waals surface area (Å²) in [5.74, 6) is 0.0349. The van der Waals surface area contributed by atoms with Crippen LogP contribution >= 0.6 is 0 Å². The number of pyridine rings is 1. The molecule has 1 aromatic heterocycles. The summed E-state index contributed by atoms with van der Waals surface area (Å²) in [6, 6.07) is 1.45. The molecule has 0 spiro atoms. The average Bonchev–Trinajstić information content (AvgIpc) is 3.34. The normalized spacial score (nSPS) is 22.8. The van der Waals surface area contributed by atoms with Crippen LogP contribution in [-0.2, 0) is 14.8 Å². The predicted molar refractivity (Wildman–Crippen MR) is 94.5 cm³/mol. The molecule has 1 heterocycles. The van der Waals surface area contributed by atoms with Gasteiger partial charge in [-0.1, -0.05) is 0 Å². The van der Waals surface area contributed by atoms with Crippen LogP contribution in [-0.4, -0.2) is 61.2 Å². The quantitative estimate of drug-likeness (QED) is 0.622. The van der Waals surface area contributed by atoms with Crippen molar-refractivity contribution in [3.05, 3.63) is 18.5 Å². The van der Waals surface area contributed by atoms with Crippen LogP contribution in [0.2, 0.25) is 0 Å². The molecule has 0 aromatic carbocycles. The molecular weight excluding hydrogens is 358 g/mol. The van der Waals surface area contributed by atoms with Gasteiger partial charge in [-0.15, -0.1) is 0 Å². The van der Waals surface area contributed by atoms with Gasteiger partial charge in [0.05, 0.1) is 19.3 Å². The molecule has 0 saturated heterocycles. The van der Waals surface area contributed by atoms with E-state index >= 15 is 0 Å². The fourth-order valence-electron chi connectivity index (χ4n) is 3.26. The molecule has 2 aliphatic rings. The van der Waals surface area contributed by atoms with E-state index in [4.69, 9.17) is 9.84 Å². The highest BCUT2D eigenvalue weighted by Crippen LogP contribution is 2.34. The Morgan fingerprint density at radius 3 is 2.77 bits per heavy atom. The Morgan fingerprint density at radius 2 is 2.15 bits per heavy atom. The lowest BCUT2D eigenvalue weighted by Crippen LogP contribution is -2.55. The number of aromatic nitrogens is 1. The fourth-order valence-corrected chi connectivity index (χ4v) is 4.61. The Bertz CT molecular complexity index is 745. The molecule has 0 atom stereocenters. The number of carbonyl (C=O) groups is 1. The van der Waals surface area contributed by atoms with Gasteiger partial charge in [-0.2, -0.15) is 0 Å². The maximum Gasteiger partial charge on any atom is 0.317 e. The molecule has 0 amide bonds. The van der Waals surface area contributed by atoms with Crippen molar-refractivity contribution in [2.75, 3.05) is 19.7 Å². The van der Waals surface area contributed by atoms with E-state index in [1.165, 1.54) is 18.5 Å². The van der Waals surface area contributed by atoms with Crippen LogP contribution in [0.4, 0.5) is 0 Å². The molecule has 9 heteroatoms. The highest BCUT2D eigenvalue weighted by Gasteiger charge is 2.39. The van der Waals surface area contributed by atoms with Crippen molar-refractivity contribution in [3.63, 3.8) is 0 Å². The Labute approximate surface area is 153 Å². The summed E-state index contributed by atoms with van der Waals surface area (Å²) >= 11 is 0. The van der Waals surface area contributed by atoms with E-state index in [9.17, 15) is 13.2 Å². The standard InChI is InChI=1S/C17H25N3O5S/c1-2-25-15-5-6-18-9-16(15)26(23,24)19-13-7-14(8-13)20(11-17(21)22)10-12-3-4-12/h5-6,9,12-14,19H,2-4,7-8,10-11H2,1H3,(H,21,22). The lowest BCUT2D eigenvalue weighted by atomic mass is 9.86. The summed E-state index contributed by atoms with van der Waals surface area (Å²) < 4.78 is 33.3. The number of ether oxygens (including phenoxy) is 1. The molecule has 2 saturated carbocycles. The third-order valence-electron chi connectivity index (χ3n) is 4.82. The molecule has 8 nitrogen and oxygen atoms in total. The van der Waals surface area contributed by atoms with Crippen LogP contribution in [0.5, 0.6) is 5.75 Å². The van der Waals surface area contributed by atoms with Gasteiger partial charge in [-0.05, 0) is 44.6 Å². The molecule has 3 rings (SSSR count). The summed E-state index contributed by atoms with van der Waals surface area (Å²) in [5, 5.41) is 9.09. The maximum atomic E-state index is 12.6. The minimum absolute atomic E-state index is 0.0116. The Kier molecular flexibility index (Phi) is 5.79. The SMILES string of the molecule is CCOc1ccncc1S(=O)(=O)NC1CC(N(CC(=O)O)CC2CC2)C1. The summed E-state index contributed by atoms with van der Waals surface area (Å²) in [6.07, 6.45) is 6.31. The van der Waals surface area contributed by atoms with Gasteiger partial charge in [0.25, 0.3) is 0 Å². The first-order valence-electron chi connectivity index (χ1n) is 8.94. The zero-order valence-corrected chi connectivity index (χ0v) is 15.6. The fraction of sp³-hybridized carbons (Fsp3) is 0.647. The molecular formula is C17H25N3O5S. The summed E-state index contributed by atoms with van der Waals surface area (Å²) in [6.45, 7) is 2.95. The van der Waals surface area contributed by atoms with Crippen molar-refractivity contribution in [3.8, 4) is 5.75 Å². The van der Waals surface area contributed by atoms with Gasteiger partial charge in [-0.3, -0.25) is 14.7 Å². The zero-order valence-electron chi connectivity index (χ0n) is 14.8. The third-order valence-corrected chi connectivity index (χ3v) is 6.34. The van der Waals surface area contributed by atoms with Crippen molar-refractivity contribution in [1.29, 1.82) is 0 Å². The molecule has 144 valence electrons.